The fraction of sp³-hybridized carbons (Fsp3) is 0.357. The van der Waals surface area contributed by atoms with Gasteiger partial charge in [-0.15, -0.1) is 11.8 Å². The zero-order chi connectivity index (χ0) is 15.8. The predicted molar refractivity (Wildman–Crippen MR) is 81.8 cm³/mol. The van der Waals surface area contributed by atoms with Gasteiger partial charge in [0.25, 0.3) is 11.8 Å². The van der Waals surface area contributed by atoms with Crippen molar-refractivity contribution >= 4 is 29.5 Å². The Labute approximate surface area is 127 Å². The van der Waals surface area contributed by atoms with Crippen molar-refractivity contribution in [3.63, 3.8) is 0 Å². The van der Waals surface area contributed by atoms with E-state index >= 15 is 0 Å². The van der Waals surface area contributed by atoms with E-state index in [9.17, 15) is 14.4 Å². The minimum Gasteiger partial charge on any atom is -0.481 e. The SMILES string of the molecule is CN(C)C(=O)c1ccc(C(=O)NCCSCC(=O)O)cc1. The highest BCUT2D eigenvalue weighted by Gasteiger charge is 2.10. The lowest BCUT2D eigenvalue weighted by Gasteiger charge is -2.10. The third-order valence-electron chi connectivity index (χ3n) is 2.56. The van der Waals surface area contributed by atoms with Gasteiger partial charge in [0.05, 0.1) is 5.75 Å². The number of carboxylic acid groups (broad SMARTS) is 1. The monoisotopic (exact) mass is 310 g/mol. The van der Waals surface area contributed by atoms with E-state index in [1.807, 2.05) is 0 Å². The van der Waals surface area contributed by atoms with Gasteiger partial charge in [-0.3, -0.25) is 14.4 Å². The number of amides is 2. The van der Waals surface area contributed by atoms with E-state index in [0.29, 0.717) is 23.4 Å². The molecule has 0 aliphatic carbocycles. The summed E-state index contributed by atoms with van der Waals surface area (Å²) >= 11 is 1.24. The minimum atomic E-state index is -0.868. The first-order chi connectivity index (χ1) is 9.91. The van der Waals surface area contributed by atoms with Crippen LogP contribution in [0, 0.1) is 0 Å². The van der Waals surface area contributed by atoms with E-state index in [2.05, 4.69) is 5.32 Å². The van der Waals surface area contributed by atoms with Crippen molar-refractivity contribution in [1.82, 2.24) is 10.2 Å². The van der Waals surface area contributed by atoms with E-state index < -0.39 is 5.97 Å². The summed E-state index contributed by atoms with van der Waals surface area (Å²) in [6.45, 7) is 0.398. The first kappa shape index (κ1) is 17.0. The van der Waals surface area contributed by atoms with Crippen LogP contribution >= 0.6 is 11.8 Å². The van der Waals surface area contributed by atoms with Crippen LogP contribution in [0.2, 0.25) is 0 Å². The Balaban J connectivity index is 2.44. The van der Waals surface area contributed by atoms with Gasteiger partial charge < -0.3 is 15.3 Å². The maximum absolute atomic E-state index is 11.8. The quantitative estimate of drug-likeness (QED) is 0.732. The van der Waals surface area contributed by atoms with Crippen LogP contribution in [0.5, 0.6) is 0 Å². The van der Waals surface area contributed by atoms with Gasteiger partial charge in [0.2, 0.25) is 0 Å². The third-order valence-corrected chi connectivity index (χ3v) is 3.50. The van der Waals surface area contributed by atoms with Crippen molar-refractivity contribution in [2.45, 2.75) is 0 Å². The second kappa shape index (κ2) is 8.31. The lowest BCUT2D eigenvalue weighted by atomic mass is 10.1. The number of nitrogens with zero attached hydrogens (tertiary/aromatic N) is 1. The van der Waals surface area contributed by atoms with E-state index in [1.165, 1.54) is 16.7 Å². The van der Waals surface area contributed by atoms with Crippen molar-refractivity contribution in [3.8, 4) is 0 Å². The van der Waals surface area contributed by atoms with Crippen LogP contribution in [0.15, 0.2) is 24.3 Å². The molecular formula is C14H18N2O4S. The van der Waals surface area contributed by atoms with Gasteiger partial charge in [0.15, 0.2) is 0 Å². The van der Waals surface area contributed by atoms with Gasteiger partial charge in [-0.25, -0.2) is 0 Å². The standard InChI is InChI=1S/C14H18N2O4S/c1-16(2)14(20)11-5-3-10(4-6-11)13(19)15-7-8-21-9-12(17)18/h3-6H,7-9H2,1-2H3,(H,15,19)(H,17,18). The highest BCUT2D eigenvalue weighted by Crippen LogP contribution is 2.06. The normalized spacial score (nSPS) is 10.0. The highest BCUT2D eigenvalue weighted by molar-refractivity contribution is 7.99. The summed E-state index contributed by atoms with van der Waals surface area (Å²) in [5.41, 5.74) is 0.988. The maximum Gasteiger partial charge on any atom is 0.313 e. The Morgan fingerprint density at radius 3 is 2.24 bits per heavy atom. The molecule has 114 valence electrons. The molecule has 1 aromatic carbocycles. The number of carbonyl (C=O) groups is 3. The van der Waals surface area contributed by atoms with Gasteiger partial charge in [-0.2, -0.15) is 0 Å². The number of aliphatic carboxylic acids is 1. The molecule has 0 unspecified atom stereocenters. The lowest BCUT2D eigenvalue weighted by molar-refractivity contribution is -0.133. The molecule has 0 aromatic heterocycles. The molecule has 0 radical (unpaired) electrons. The predicted octanol–water partition coefficient (Wildman–Crippen LogP) is 0.936. The molecule has 21 heavy (non-hydrogen) atoms. The molecule has 0 saturated carbocycles. The van der Waals surface area contributed by atoms with Crippen LogP contribution < -0.4 is 5.32 Å². The Bertz CT molecular complexity index is 514. The number of carboxylic acids is 1. The molecule has 0 bridgehead atoms. The average Bonchev–Trinajstić information content (AvgIpc) is 2.45. The molecular weight excluding hydrogens is 292 g/mol. The zero-order valence-corrected chi connectivity index (χ0v) is 12.8. The van der Waals surface area contributed by atoms with E-state index in [1.54, 1.807) is 38.4 Å². The highest BCUT2D eigenvalue weighted by atomic mass is 32.2. The topological polar surface area (TPSA) is 86.7 Å². The number of carbonyl (C=O) groups excluding carboxylic acids is 2. The molecule has 6 nitrogen and oxygen atoms in total. The number of thioether (sulfide) groups is 1. The fourth-order valence-electron chi connectivity index (χ4n) is 1.52. The second-order valence-corrected chi connectivity index (χ2v) is 5.58. The molecule has 0 saturated heterocycles. The maximum atomic E-state index is 11.8. The molecule has 0 fully saturated rings. The smallest absolute Gasteiger partial charge is 0.313 e. The molecule has 0 atom stereocenters. The lowest BCUT2D eigenvalue weighted by Crippen LogP contribution is -2.26. The summed E-state index contributed by atoms with van der Waals surface area (Å²) < 4.78 is 0. The van der Waals surface area contributed by atoms with Gasteiger partial charge in [-0.05, 0) is 24.3 Å². The largest absolute Gasteiger partial charge is 0.481 e. The Morgan fingerprint density at radius 2 is 1.71 bits per heavy atom. The third kappa shape index (κ3) is 5.86. The first-order valence-corrected chi connectivity index (χ1v) is 7.46. The summed E-state index contributed by atoms with van der Waals surface area (Å²) in [6, 6.07) is 6.40. The molecule has 2 amide bonds. The average molecular weight is 310 g/mol. The minimum absolute atomic E-state index is 0.0250. The molecule has 2 N–H and O–H groups in total. The van der Waals surface area contributed by atoms with Crippen molar-refractivity contribution in [2.24, 2.45) is 0 Å². The van der Waals surface area contributed by atoms with Crippen molar-refractivity contribution in [1.29, 1.82) is 0 Å². The van der Waals surface area contributed by atoms with E-state index in [4.69, 9.17) is 5.11 Å². The number of hydrogen-bond donors (Lipinski definition) is 2. The summed E-state index contributed by atoms with van der Waals surface area (Å²) in [7, 11) is 3.33. The van der Waals surface area contributed by atoms with E-state index in [-0.39, 0.29) is 17.6 Å². The molecule has 0 spiro atoms. The van der Waals surface area contributed by atoms with Crippen LogP contribution in [0.25, 0.3) is 0 Å². The molecule has 0 aliphatic rings. The summed E-state index contributed by atoms with van der Waals surface area (Å²) in [5.74, 6) is -0.666. The second-order valence-electron chi connectivity index (χ2n) is 4.48. The Kier molecular flexibility index (Phi) is 6.74. The molecule has 1 aromatic rings. The van der Waals surface area contributed by atoms with Gasteiger partial charge in [-0.1, -0.05) is 0 Å². The van der Waals surface area contributed by atoms with Gasteiger partial charge >= 0.3 is 5.97 Å². The Hall–Kier alpha value is -2.02. The molecule has 7 heteroatoms. The van der Waals surface area contributed by atoms with Crippen LogP contribution in [-0.2, 0) is 4.79 Å². The van der Waals surface area contributed by atoms with Crippen molar-refractivity contribution < 1.29 is 19.5 Å². The fourth-order valence-corrected chi connectivity index (χ4v) is 2.09. The summed E-state index contributed by atoms with van der Waals surface area (Å²) in [5, 5.41) is 11.2. The number of rotatable bonds is 7. The molecule has 0 heterocycles. The zero-order valence-electron chi connectivity index (χ0n) is 12.0. The van der Waals surface area contributed by atoms with Crippen LogP contribution in [0.3, 0.4) is 0 Å². The molecule has 1 rings (SSSR count). The van der Waals surface area contributed by atoms with Crippen molar-refractivity contribution in [3.05, 3.63) is 35.4 Å². The number of hydrogen-bond acceptors (Lipinski definition) is 4. The van der Waals surface area contributed by atoms with Crippen LogP contribution in [0.1, 0.15) is 20.7 Å². The van der Waals surface area contributed by atoms with Gasteiger partial charge in [0, 0.05) is 37.5 Å². The van der Waals surface area contributed by atoms with E-state index in [0.717, 1.165) is 0 Å². The van der Waals surface area contributed by atoms with Crippen LogP contribution in [0.4, 0.5) is 0 Å². The van der Waals surface area contributed by atoms with Crippen molar-refractivity contribution in [2.75, 3.05) is 32.1 Å². The Morgan fingerprint density at radius 1 is 1.14 bits per heavy atom. The van der Waals surface area contributed by atoms with Crippen LogP contribution in [-0.4, -0.2) is 59.9 Å². The first-order valence-electron chi connectivity index (χ1n) is 6.31. The number of benzene rings is 1. The number of nitrogens with one attached hydrogen (secondary N) is 1. The molecule has 0 aliphatic heterocycles. The summed E-state index contributed by atoms with van der Waals surface area (Å²) in [4.78, 5) is 35.3. The van der Waals surface area contributed by atoms with Gasteiger partial charge in [0.1, 0.15) is 0 Å². The summed E-state index contributed by atoms with van der Waals surface area (Å²) in [6.07, 6.45) is 0.